The molecule has 0 unspecified atom stereocenters. The maximum atomic E-state index is 6.88. The van der Waals surface area contributed by atoms with E-state index in [0.717, 1.165) is 12.0 Å². The largest absolute Gasteiger partial charge is 0.443 e. The molecule has 7 heavy (non-hydrogen) atoms. The van der Waals surface area contributed by atoms with Crippen LogP contribution in [-0.2, 0) is 0 Å². The Morgan fingerprint density at radius 1 is 2.00 bits per heavy atom. The molecule has 0 rings (SSSR count). The lowest BCUT2D eigenvalue weighted by atomic mass is 10.8. The van der Waals surface area contributed by atoms with Crippen molar-refractivity contribution in [1.29, 1.82) is 5.26 Å². The molecule has 0 aromatic carbocycles. The minimum absolute atomic E-state index is 0.750. The average Bonchev–Trinajstić information content (AvgIpc) is 1.69. The van der Waals surface area contributed by atoms with Gasteiger partial charge in [-0.25, -0.2) is 0 Å². The fraction of sp³-hybridized carbons (Fsp3) is 0.250. The van der Waals surface area contributed by atoms with Crippen LogP contribution in [0.3, 0.4) is 0 Å². The standard InChI is InChI=1S/C3H6S.CHNO/c1-2-3-4;2-1-3/h2,4H,1,3H2;3H. The third-order valence-corrected chi connectivity index (χ3v) is 0.387. The Labute approximate surface area is 48.5 Å². The van der Waals surface area contributed by atoms with Crippen molar-refractivity contribution >= 4 is 12.6 Å². The number of nitrogens with zero attached hydrogens (tertiary/aromatic N) is 1. The predicted octanol–water partition coefficient (Wildman–Crippen LogP) is 0.942. The predicted molar refractivity (Wildman–Crippen MR) is 31.6 cm³/mol. The van der Waals surface area contributed by atoms with Crippen LogP contribution in [0.5, 0.6) is 0 Å². The highest BCUT2D eigenvalue weighted by Gasteiger charge is 1.45. The Kier molecular flexibility index (Phi) is 25.1. The molecular formula is C4H7NOS. The molecule has 0 aliphatic carbocycles. The Hall–Kier alpha value is -0.620. The summed E-state index contributed by atoms with van der Waals surface area (Å²) in [5.41, 5.74) is 0. The quantitative estimate of drug-likeness (QED) is 0.305. The van der Waals surface area contributed by atoms with Gasteiger partial charge in [-0.05, 0) is 0 Å². The van der Waals surface area contributed by atoms with Crippen LogP contribution in [-0.4, -0.2) is 10.9 Å². The van der Waals surface area contributed by atoms with Crippen molar-refractivity contribution < 1.29 is 5.11 Å². The molecule has 0 amide bonds. The summed E-state index contributed by atoms with van der Waals surface area (Å²) >= 11 is 3.80. The van der Waals surface area contributed by atoms with E-state index in [-0.39, 0.29) is 0 Å². The van der Waals surface area contributed by atoms with E-state index in [1.807, 2.05) is 0 Å². The number of nitriles is 1. The zero-order valence-electron chi connectivity index (χ0n) is 3.83. The van der Waals surface area contributed by atoms with Crippen molar-refractivity contribution in [2.45, 2.75) is 0 Å². The normalized spacial score (nSPS) is 4.57. The molecule has 0 heterocycles. The highest BCUT2D eigenvalue weighted by molar-refractivity contribution is 7.80. The Balaban J connectivity index is 0. The van der Waals surface area contributed by atoms with E-state index in [2.05, 4.69) is 19.2 Å². The first-order chi connectivity index (χ1) is 3.33. The molecule has 0 fully saturated rings. The van der Waals surface area contributed by atoms with Crippen molar-refractivity contribution in [3.05, 3.63) is 12.7 Å². The molecule has 0 saturated carbocycles. The smallest absolute Gasteiger partial charge is 0.283 e. The average molecular weight is 117 g/mol. The van der Waals surface area contributed by atoms with Crippen molar-refractivity contribution in [2.24, 2.45) is 0 Å². The second kappa shape index (κ2) is 18.2. The van der Waals surface area contributed by atoms with E-state index in [1.54, 1.807) is 6.08 Å². The number of aliphatic hydroxyl groups excluding tert-OH is 1. The highest BCUT2D eigenvalue weighted by Crippen LogP contribution is 1.65. The number of hydrogen-bond donors (Lipinski definition) is 2. The SMILES string of the molecule is C=CCS.N#CO. The van der Waals surface area contributed by atoms with Gasteiger partial charge in [0.15, 0.2) is 0 Å². The summed E-state index contributed by atoms with van der Waals surface area (Å²) in [6, 6.07) is 0. The Morgan fingerprint density at radius 3 is 2.14 bits per heavy atom. The zero-order chi connectivity index (χ0) is 6.12. The van der Waals surface area contributed by atoms with Crippen molar-refractivity contribution in [3.8, 4) is 6.26 Å². The van der Waals surface area contributed by atoms with Crippen LogP contribution >= 0.6 is 12.6 Å². The monoisotopic (exact) mass is 117 g/mol. The Morgan fingerprint density at radius 2 is 2.14 bits per heavy atom. The molecule has 40 valence electrons. The van der Waals surface area contributed by atoms with E-state index >= 15 is 0 Å². The number of rotatable bonds is 1. The molecule has 0 aromatic heterocycles. The van der Waals surface area contributed by atoms with Crippen LogP contribution in [0.15, 0.2) is 12.7 Å². The molecule has 2 nitrogen and oxygen atoms in total. The van der Waals surface area contributed by atoms with Crippen LogP contribution in [0.2, 0.25) is 0 Å². The molecule has 0 aromatic rings. The van der Waals surface area contributed by atoms with Crippen LogP contribution in [0, 0.1) is 11.5 Å². The molecule has 1 N–H and O–H groups in total. The minimum atomic E-state index is 0.750. The van der Waals surface area contributed by atoms with Gasteiger partial charge in [-0.1, -0.05) is 6.08 Å². The summed E-state index contributed by atoms with van der Waals surface area (Å²) in [5.74, 6) is 0.778. The van der Waals surface area contributed by atoms with Gasteiger partial charge in [-0.2, -0.15) is 17.9 Å². The summed E-state index contributed by atoms with van der Waals surface area (Å²) in [5, 5.41) is 13.8. The fourth-order valence-corrected chi connectivity index (χ4v) is 0. The molecule has 0 atom stereocenters. The van der Waals surface area contributed by atoms with Gasteiger partial charge in [0.05, 0.1) is 0 Å². The maximum Gasteiger partial charge on any atom is 0.283 e. The topological polar surface area (TPSA) is 44.0 Å². The lowest BCUT2D eigenvalue weighted by molar-refractivity contribution is 0.503. The number of hydrogen-bond acceptors (Lipinski definition) is 3. The minimum Gasteiger partial charge on any atom is -0.443 e. The second-order valence-electron chi connectivity index (χ2n) is 0.571. The van der Waals surface area contributed by atoms with E-state index < -0.39 is 0 Å². The van der Waals surface area contributed by atoms with Crippen molar-refractivity contribution in [3.63, 3.8) is 0 Å². The first-order valence-corrected chi connectivity index (χ1v) is 2.21. The maximum absolute atomic E-state index is 6.88. The van der Waals surface area contributed by atoms with Crippen LogP contribution in [0.4, 0.5) is 0 Å². The summed E-state index contributed by atoms with van der Waals surface area (Å²) in [4.78, 5) is 0. The van der Waals surface area contributed by atoms with Gasteiger partial charge < -0.3 is 5.11 Å². The molecule has 0 bridgehead atoms. The van der Waals surface area contributed by atoms with Gasteiger partial charge in [-0.3, -0.25) is 0 Å². The number of thiol groups is 1. The van der Waals surface area contributed by atoms with Gasteiger partial charge >= 0.3 is 0 Å². The molecule has 0 saturated heterocycles. The lowest BCUT2D eigenvalue weighted by Crippen LogP contribution is -1.45. The molecule has 0 spiro atoms. The van der Waals surface area contributed by atoms with Gasteiger partial charge in [-0.15, -0.1) is 6.58 Å². The van der Waals surface area contributed by atoms with Gasteiger partial charge in [0.1, 0.15) is 0 Å². The van der Waals surface area contributed by atoms with E-state index in [0.29, 0.717) is 0 Å². The van der Waals surface area contributed by atoms with Gasteiger partial charge in [0.2, 0.25) is 0 Å². The zero-order valence-corrected chi connectivity index (χ0v) is 4.73. The fourth-order valence-electron chi connectivity index (χ4n) is 0. The van der Waals surface area contributed by atoms with E-state index in [1.165, 1.54) is 0 Å². The number of aliphatic hydroxyl groups is 1. The lowest BCUT2D eigenvalue weighted by Gasteiger charge is -1.57. The third-order valence-electron chi connectivity index (χ3n) is 0.129. The van der Waals surface area contributed by atoms with Crippen LogP contribution < -0.4 is 0 Å². The van der Waals surface area contributed by atoms with E-state index in [4.69, 9.17) is 10.4 Å². The molecule has 3 heteroatoms. The second-order valence-corrected chi connectivity index (χ2v) is 0.936. The Bertz CT molecular complexity index is 66.6. The van der Waals surface area contributed by atoms with Crippen LogP contribution in [0.1, 0.15) is 0 Å². The molecule has 0 aliphatic heterocycles. The molecule has 0 radical (unpaired) electrons. The summed E-state index contributed by atoms with van der Waals surface area (Å²) < 4.78 is 0. The van der Waals surface area contributed by atoms with E-state index in [9.17, 15) is 0 Å². The summed E-state index contributed by atoms with van der Waals surface area (Å²) in [6.07, 6.45) is 2.49. The summed E-state index contributed by atoms with van der Waals surface area (Å²) in [7, 11) is 0. The molecule has 0 aliphatic rings. The van der Waals surface area contributed by atoms with Gasteiger partial charge in [0.25, 0.3) is 6.26 Å². The summed E-state index contributed by atoms with van der Waals surface area (Å²) in [6.45, 7) is 3.40. The molecular weight excluding hydrogens is 110 g/mol. The first-order valence-electron chi connectivity index (χ1n) is 1.58. The third kappa shape index (κ3) is 426. The van der Waals surface area contributed by atoms with Crippen molar-refractivity contribution in [1.82, 2.24) is 0 Å². The van der Waals surface area contributed by atoms with Crippen molar-refractivity contribution in [2.75, 3.05) is 5.75 Å². The first kappa shape index (κ1) is 9.63. The highest BCUT2D eigenvalue weighted by atomic mass is 32.1. The van der Waals surface area contributed by atoms with Gasteiger partial charge in [0, 0.05) is 5.75 Å². The van der Waals surface area contributed by atoms with Crippen LogP contribution in [0.25, 0.3) is 0 Å².